The Hall–Kier alpha value is -1.69. The highest BCUT2D eigenvalue weighted by molar-refractivity contribution is 5.61. The zero-order valence-electron chi connectivity index (χ0n) is 8.16. The molecule has 3 N–H and O–H groups in total. The molecular weight excluding hydrogens is 223 g/mol. The van der Waals surface area contributed by atoms with Gasteiger partial charge in [0.1, 0.15) is 0 Å². The van der Waals surface area contributed by atoms with Crippen LogP contribution >= 0.6 is 0 Å². The molecular formula is C10H10F3NO2. The van der Waals surface area contributed by atoms with Crippen molar-refractivity contribution < 1.29 is 23.0 Å². The fourth-order valence-electron chi connectivity index (χ4n) is 1.06. The second-order valence-corrected chi connectivity index (χ2v) is 2.93. The molecule has 0 aliphatic carbocycles. The van der Waals surface area contributed by atoms with Gasteiger partial charge < -0.3 is 15.6 Å². The second kappa shape index (κ2) is 4.89. The summed E-state index contributed by atoms with van der Waals surface area (Å²) in [5.74, 6) is -0.451. The maximum atomic E-state index is 12.0. The van der Waals surface area contributed by atoms with Crippen molar-refractivity contribution in [1.82, 2.24) is 0 Å². The first-order valence-corrected chi connectivity index (χ1v) is 4.35. The molecule has 0 spiro atoms. The molecule has 0 saturated carbocycles. The Balaban J connectivity index is 2.95. The van der Waals surface area contributed by atoms with Crippen LogP contribution < -0.4 is 10.5 Å². The fraction of sp³-hybridized carbons (Fsp3) is 0.200. The van der Waals surface area contributed by atoms with Gasteiger partial charge in [0.05, 0.1) is 12.3 Å². The Kier molecular flexibility index (Phi) is 3.78. The number of rotatable bonds is 3. The largest absolute Gasteiger partial charge is 0.573 e. The molecule has 0 unspecified atom stereocenters. The number of aliphatic hydroxyl groups excluding tert-OH is 1. The monoisotopic (exact) mass is 233 g/mol. The van der Waals surface area contributed by atoms with E-state index in [4.69, 9.17) is 10.8 Å². The lowest BCUT2D eigenvalue weighted by atomic mass is 10.2. The van der Waals surface area contributed by atoms with E-state index >= 15 is 0 Å². The summed E-state index contributed by atoms with van der Waals surface area (Å²) >= 11 is 0. The molecule has 0 aliphatic heterocycles. The Morgan fingerprint density at radius 1 is 1.38 bits per heavy atom. The summed E-state index contributed by atoms with van der Waals surface area (Å²) in [4.78, 5) is 0. The van der Waals surface area contributed by atoms with E-state index < -0.39 is 12.1 Å². The predicted molar refractivity (Wildman–Crippen MR) is 53.7 cm³/mol. The van der Waals surface area contributed by atoms with Crippen molar-refractivity contribution in [2.75, 3.05) is 12.3 Å². The van der Waals surface area contributed by atoms with Crippen LogP contribution in [0.2, 0.25) is 0 Å². The topological polar surface area (TPSA) is 55.5 Å². The second-order valence-electron chi connectivity index (χ2n) is 2.93. The van der Waals surface area contributed by atoms with Gasteiger partial charge in [-0.3, -0.25) is 0 Å². The van der Waals surface area contributed by atoms with Crippen molar-refractivity contribution in [3.63, 3.8) is 0 Å². The first-order chi connectivity index (χ1) is 7.42. The number of nitrogen functional groups attached to an aromatic ring is 1. The standard InChI is InChI=1S/C10H10F3NO2/c11-10(12,13)16-9-6-7(2-1-5-15)3-4-8(9)14/h1-4,6,15H,5,14H2. The van der Waals surface area contributed by atoms with Crippen molar-refractivity contribution in [3.8, 4) is 5.75 Å². The minimum absolute atomic E-state index is 0.0986. The van der Waals surface area contributed by atoms with E-state index in [0.29, 0.717) is 5.56 Å². The number of benzene rings is 1. The van der Waals surface area contributed by atoms with Crippen LogP contribution in [0.1, 0.15) is 5.56 Å². The minimum Gasteiger partial charge on any atom is -0.404 e. The molecule has 0 saturated heterocycles. The third-order valence-corrected chi connectivity index (χ3v) is 1.68. The molecule has 1 aromatic carbocycles. The van der Waals surface area contributed by atoms with Gasteiger partial charge in [0, 0.05) is 0 Å². The number of anilines is 1. The van der Waals surface area contributed by atoms with Crippen LogP contribution in [-0.2, 0) is 0 Å². The molecule has 0 heterocycles. The Bertz CT molecular complexity index is 388. The molecule has 0 aromatic heterocycles. The zero-order valence-corrected chi connectivity index (χ0v) is 8.16. The molecule has 88 valence electrons. The molecule has 0 radical (unpaired) electrons. The van der Waals surface area contributed by atoms with E-state index in [2.05, 4.69) is 4.74 Å². The summed E-state index contributed by atoms with van der Waals surface area (Å²) in [5, 5.41) is 8.52. The van der Waals surface area contributed by atoms with Gasteiger partial charge in [0.2, 0.25) is 0 Å². The number of aliphatic hydroxyl groups is 1. The molecule has 0 aliphatic rings. The molecule has 1 aromatic rings. The molecule has 3 nitrogen and oxygen atoms in total. The maximum absolute atomic E-state index is 12.0. The fourth-order valence-corrected chi connectivity index (χ4v) is 1.06. The van der Waals surface area contributed by atoms with E-state index in [-0.39, 0.29) is 12.3 Å². The third-order valence-electron chi connectivity index (χ3n) is 1.68. The summed E-state index contributed by atoms with van der Waals surface area (Å²) in [5.41, 5.74) is 5.69. The van der Waals surface area contributed by atoms with Crippen LogP contribution in [0.25, 0.3) is 6.08 Å². The Morgan fingerprint density at radius 3 is 2.62 bits per heavy atom. The summed E-state index contributed by atoms with van der Waals surface area (Å²) in [6, 6.07) is 3.97. The zero-order chi connectivity index (χ0) is 12.2. The van der Waals surface area contributed by atoms with Gasteiger partial charge >= 0.3 is 6.36 Å². The lowest BCUT2D eigenvalue weighted by Gasteiger charge is -2.11. The average molecular weight is 233 g/mol. The van der Waals surface area contributed by atoms with Gasteiger partial charge in [-0.25, -0.2) is 0 Å². The number of halogens is 3. The predicted octanol–water partition coefficient (Wildman–Crippen LogP) is 2.17. The van der Waals surface area contributed by atoms with Crippen LogP contribution in [-0.4, -0.2) is 18.1 Å². The van der Waals surface area contributed by atoms with E-state index in [9.17, 15) is 13.2 Å². The maximum Gasteiger partial charge on any atom is 0.573 e. The van der Waals surface area contributed by atoms with Gasteiger partial charge in [0.25, 0.3) is 0 Å². The van der Waals surface area contributed by atoms with Gasteiger partial charge in [-0.2, -0.15) is 0 Å². The van der Waals surface area contributed by atoms with Crippen molar-refractivity contribution in [3.05, 3.63) is 29.8 Å². The van der Waals surface area contributed by atoms with Gasteiger partial charge in [-0.15, -0.1) is 13.2 Å². The number of hydrogen-bond acceptors (Lipinski definition) is 3. The lowest BCUT2D eigenvalue weighted by molar-refractivity contribution is -0.274. The van der Waals surface area contributed by atoms with Crippen LogP contribution in [0.15, 0.2) is 24.3 Å². The molecule has 6 heteroatoms. The number of nitrogens with two attached hydrogens (primary N) is 1. The first kappa shape index (κ1) is 12.4. The number of ether oxygens (including phenoxy) is 1. The quantitative estimate of drug-likeness (QED) is 0.786. The lowest BCUT2D eigenvalue weighted by Crippen LogP contribution is -2.18. The molecule has 0 fully saturated rings. The molecule has 16 heavy (non-hydrogen) atoms. The van der Waals surface area contributed by atoms with Crippen LogP contribution in [0.3, 0.4) is 0 Å². The summed E-state index contributed by atoms with van der Waals surface area (Å²) in [6.07, 6.45) is -1.92. The number of alkyl halides is 3. The van der Waals surface area contributed by atoms with Crippen molar-refractivity contribution in [1.29, 1.82) is 0 Å². The van der Waals surface area contributed by atoms with E-state index in [1.807, 2.05) is 0 Å². The molecule has 1 rings (SSSR count). The van der Waals surface area contributed by atoms with Crippen LogP contribution in [0, 0.1) is 0 Å². The van der Waals surface area contributed by atoms with Crippen LogP contribution in [0.4, 0.5) is 18.9 Å². The van der Waals surface area contributed by atoms with E-state index in [1.54, 1.807) is 0 Å². The highest BCUT2D eigenvalue weighted by atomic mass is 19.4. The molecule has 0 atom stereocenters. The minimum atomic E-state index is -4.77. The smallest absolute Gasteiger partial charge is 0.404 e. The number of hydrogen-bond donors (Lipinski definition) is 2. The van der Waals surface area contributed by atoms with Crippen LogP contribution in [0.5, 0.6) is 5.75 Å². The molecule has 0 amide bonds. The van der Waals surface area contributed by atoms with Crippen molar-refractivity contribution in [2.45, 2.75) is 6.36 Å². The summed E-state index contributed by atoms with van der Waals surface area (Å²) in [6.45, 7) is -0.195. The Morgan fingerprint density at radius 2 is 2.06 bits per heavy atom. The average Bonchev–Trinajstić information content (AvgIpc) is 2.17. The summed E-state index contributed by atoms with van der Waals surface area (Å²) in [7, 11) is 0. The van der Waals surface area contributed by atoms with Gasteiger partial charge in [-0.1, -0.05) is 18.2 Å². The van der Waals surface area contributed by atoms with E-state index in [0.717, 1.165) is 6.07 Å². The van der Waals surface area contributed by atoms with Crippen molar-refractivity contribution in [2.24, 2.45) is 0 Å². The summed E-state index contributed by atoms with van der Waals surface area (Å²) < 4.78 is 39.6. The first-order valence-electron chi connectivity index (χ1n) is 4.35. The highest BCUT2D eigenvalue weighted by Crippen LogP contribution is 2.29. The van der Waals surface area contributed by atoms with E-state index in [1.165, 1.54) is 24.3 Å². The van der Waals surface area contributed by atoms with Gasteiger partial charge in [-0.05, 0) is 17.7 Å². The van der Waals surface area contributed by atoms with Gasteiger partial charge in [0.15, 0.2) is 5.75 Å². The SMILES string of the molecule is Nc1ccc(C=CCO)cc1OC(F)(F)F. The molecule has 0 bridgehead atoms. The highest BCUT2D eigenvalue weighted by Gasteiger charge is 2.31. The third kappa shape index (κ3) is 3.82. The Labute approximate surface area is 89.9 Å². The van der Waals surface area contributed by atoms with Crippen molar-refractivity contribution >= 4 is 11.8 Å². The normalized spacial score (nSPS) is 12.0.